The zero-order valence-corrected chi connectivity index (χ0v) is 13.7. The zero-order valence-electron chi connectivity index (χ0n) is 13.7. The largest absolute Gasteiger partial charge is 0.497 e. The Morgan fingerprint density at radius 2 is 1.91 bits per heavy atom. The minimum atomic E-state index is 0.305. The Bertz CT molecular complexity index is 471. The average molecular weight is 317 g/mol. The van der Waals surface area contributed by atoms with Crippen LogP contribution in [-0.2, 0) is 9.47 Å². The van der Waals surface area contributed by atoms with E-state index in [1.165, 1.54) is 0 Å². The maximum absolute atomic E-state index is 5.89. The molecule has 2 heterocycles. The molecule has 1 fully saturated rings. The first-order valence-electron chi connectivity index (χ1n) is 8.72. The minimum Gasteiger partial charge on any atom is -0.497 e. The first-order chi connectivity index (χ1) is 11.4. The first kappa shape index (κ1) is 16.3. The van der Waals surface area contributed by atoms with Crippen molar-refractivity contribution in [2.75, 3.05) is 32.9 Å². The van der Waals surface area contributed by atoms with Crippen molar-refractivity contribution in [1.29, 1.82) is 0 Å². The van der Waals surface area contributed by atoms with E-state index in [4.69, 9.17) is 14.2 Å². The Morgan fingerprint density at radius 3 is 2.65 bits per heavy atom. The summed E-state index contributed by atoms with van der Waals surface area (Å²) in [7, 11) is 0. The highest BCUT2D eigenvalue weighted by molar-refractivity contribution is 5.20. The second-order valence-electron chi connectivity index (χ2n) is 6.21. The number of nitrogens with zero attached hydrogens (tertiary/aromatic N) is 1. The summed E-state index contributed by atoms with van der Waals surface area (Å²) in [6, 6.07) is 10.6. The molecule has 1 aromatic carbocycles. The van der Waals surface area contributed by atoms with Crippen LogP contribution in [0.15, 0.2) is 42.7 Å². The quantitative estimate of drug-likeness (QED) is 0.772. The standard InChI is InChI=1S/C19H27NO3/c1-2-6-18(7-3-1)23-15-11-20(17-9-13-21-14-10-17)16-19-8-4-5-12-22-19/h1-3,5-7,12,17,19H,4,8-11,13-16H2/t19-/m0/s1. The van der Waals surface area contributed by atoms with Crippen LogP contribution in [0.25, 0.3) is 0 Å². The van der Waals surface area contributed by atoms with Crippen molar-refractivity contribution < 1.29 is 14.2 Å². The predicted molar refractivity (Wildman–Crippen MR) is 90.6 cm³/mol. The van der Waals surface area contributed by atoms with Crippen LogP contribution in [0.5, 0.6) is 5.75 Å². The molecular formula is C19H27NO3. The topological polar surface area (TPSA) is 30.9 Å². The molecule has 0 radical (unpaired) electrons. The number of ether oxygens (including phenoxy) is 3. The highest BCUT2D eigenvalue weighted by Crippen LogP contribution is 2.19. The van der Waals surface area contributed by atoms with Crippen molar-refractivity contribution in [2.24, 2.45) is 0 Å². The molecule has 2 aliphatic heterocycles. The van der Waals surface area contributed by atoms with Gasteiger partial charge in [0.1, 0.15) is 18.5 Å². The monoisotopic (exact) mass is 317 g/mol. The summed E-state index contributed by atoms with van der Waals surface area (Å²) < 4.78 is 17.2. The van der Waals surface area contributed by atoms with Gasteiger partial charge in [-0.1, -0.05) is 18.2 Å². The summed E-state index contributed by atoms with van der Waals surface area (Å²) in [4.78, 5) is 2.54. The predicted octanol–water partition coefficient (Wildman–Crippen LogP) is 3.24. The Balaban J connectivity index is 1.52. The van der Waals surface area contributed by atoms with E-state index in [2.05, 4.69) is 11.0 Å². The van der Waals surface area contributed by atoms with Gasteiger partial charge in [-0.05, 0) is 43.9 Å². The Kier molecular flexibility index (Phi) is 6.35. The molecule has 0 N–H and O–H groups in total. The lowest BCUT2D eigenvalue weighted by atomic mass is 10.0. The molecule has 0 aliphatic carbocycles. The molecule has 1 aromatic rings. The first-order valence-corrected chi connectivity index (χ1v) is 8.72. The lowest BCUT2D eigenvalue weighted by Crippen LogP contribution is -2.45. The fourth-order valence-electron chi connectivity index (χ4n) is 3.25. The second-order valence-corrected chi connectivity index (χ2v) is 6.21. The fourth-order valence-corrected chi connectivity index (χ4v) is 3.25. The van der Waals surface area contributed by atoms with Gasteiger partial charge in [0.15, 0.2) is 0 Å². The van der Waals surface area contributed by atoms with E-state index in [1.54, 1.807) is 0 Å². The molecule has 1 saturated heterocycles. The van der Waals surface area contributed by atoms with Gasteiger partial charge in [-0.25, -0.2) is 0 Å². The summed E-state index contributed by atoms with van der Waals surface area (Å²) >= 11 is 0. The highest BCUT2D eigenvalue weighted by Gasteiger charge is 2.25. The fraction of sp³-hybridized carbons (Fsp3) is 0.579. The lowest BCUT2D eigenvalue weighted by Gasteiger charge is -2.36. The van der Waals surface area contributed by atoms with Gasteiger partial charge in [-0.3, -0.25) is 4.90 Å². The Labute approximate surface area is 139 Å². The van der Waals surface area contributed by atoms with Crippen LogP contribution in [0.3, 0.4) is 0 Å². The van der Waals surface area contributed by atoms with Gasteiger partial charge in [0.2, 0.25) is 0 Å². The molecule has 4 heteroatoms. The molecule has 0 saturated carbocycles. The van der Waals surface area contributed by atoms with E-state index < -0.39 is 0 Å². The summed E-state index contributed by atoms with van der Waals surface area (Å²) in [5, 5.41) is 0. The maximum Gasteiger partial charge on any atom is 0.119 e. The van der Waals surface area contributed by atoms with Crippen molar-refractivity contribution >= 4 is 0 Å². The molecule has 3 rings (SSSR count). The van der Waals surface area contributed by atoms with E-state index in [0.717, 1.165) is 57.7 Å². The van der Waals surface area contributed by atoms with Crippen LogP contribution in [0, 0.1) is 0 Å². The normalized spacial score (nSPS) is 22.0. The average Bonchev–Trinajstić information content (AvgIpc) is 2.63. The molecule has 0 bridgehead atoms. The summed E-state index contributed by atoms with van der Waals surface area (Å²) in [5.41, 5.74) is 0. The van der Waals surface area contributed by atoms with Crippen LogP contribution in [-0.4, -0.2) is 50.0 Å². The van der Waals surface area contributed by atoms with Crippen LogP contribution < -0.4 is 4.74 Å². The Hall–Kier alpha value is -1.52. The molecule has 2 aliphatic rings. The molecule has 4 nitrogen and oxygen atoms in total. The second kappa shape index (κ2) is 8.94. The van der Waals surface area contributed by atoms with E-state index in [9.17, 15) is 0 Å². The van der Waals surface area contributed by atoms with Crippen LogP contribution in [0.4, 0.5) is 0 Å². The van der Waals surface area contributed by atoms with Gasteiger partial charge < -0.3 is 14.2 Å². The third-order valence-electron chi connectivity index (χ3n) is 4.56. The number of benzene rings is 1. The van der Waals surface area contributed by atoms with E-state index in [0.29, 0.717) is 18.8 Å². The smallest absolute Gasteiger partial charge is 0.119 e. The lowest BCUT2D eigenvalue weighted by molar-refractivity contribution is 0.00313. The van der Waals surface area contributed by atoms with Crippen molar-refractivity contribution in [1.82, 2.24) is 4.90 Å². The number of para-hydroxylation sites is 1. The highest BCUT2D eigenvalue weighted by atomic mass is 16.5. The molecule has 0 unspecified atom stereocenters. The third-order valence-corrected chi connectivity index (χ3v) is 4.56. The molecule has 0 spiro atoms. The summed E-state index contributed by atoms with van der Waals surface area (Å²) in [5.74, 6) is 0.941. The van der Waals surface area contributed by atoms with Gasteiger partial charge in [0, 0.05) is 32.3 Å². The van der Waals surface area contributed by atoms with Crippen molar-refractivity contribution in [3.05, 3.63) is 42.7 Å². The van der Waals surface area contributed by atoms with Gasteiger partial charge in [-0.2, -0.15) is 0 Å². The van der Waals surface area contributed by atoms with Gasteiger partial charge in [-0.15, -0.1) is 0 Å². The maximum atomic E-state index is 5.89. The minimum absolute atomic E-state index is 0.305. The van der Waals surface area contributed by atoms with Crippen molar-refractivity contribution in [2.45, 2.75) is 37.8 Å². The van der Waals surface area contributed by atoms with Crippen LogP contribution in [0.2, 0.25) is 0 Å². The Morgan fingerprint density at radius 1 is 1.09 bits per heavy atom. The van der Waals surface area contributed by atoms with E-state index >= 15 is 0 Å². The molecule has 1 atom stereocenters. The summed E-state index contributed by atoms with van der Waals surface area (Å²) in [6.45, 7) is 4.36. The van der Waals surface area contributed by atoms with Gasteiger partial charge in [0.05, 0.1) is 6.26 Å². The molecule has 0 amide bonds. The van der Waals surface area contributed by atoms with E-state index in [1.807, 2.05) is 36.6 Å². The molecule has 0 aromatic heterocycles. The molecule has 126 valence electrons. The molecular weight excluding hydrogens is 290 g/mol. The number of hydrogen-bond donors (Lipinski definition) is 0. The van der Waals surface area contributed by atoms with Crippen LogP contribution in [0.1, 0.15) is 25.7 Å². The van der Waals surface area contributed by atoms with E-state index in [-0.39, 0.29) is 0 Å². The number of rotatable bonds is 7. The van der Waals surface area contributed by atoms with Crippen molar-refractivity contribution in [3.63, 3.8) is 0 Å². The zero-order chi connectivity index (χ0) is 15.7. The van der Waals surface area contributed by atoms with Crippen LogP contribution >= 0.6 is 0 Å². The number of hydrogen-bond acceptors (Lipinski definition) is 4. The SMILES string of the molecule is C1=CO[C@H](CN(CCOc2ccccc2)C2CCOCC2)CC1. The summed E-state index contributed by atoms with van der Waals surface area (Å²) in [6.07, 6.45) is 8.70. The molecule has 23 heavy (non-hydrogen) atoms. The number of allylic oxidation sites excluding steroid dienone is 1. The third kappa shape index (κ3) is 5.26. The van der Waals surface area contributed by atoms with Gasteiger partial charge in [0.25, 0.3) is 0 Å². The van der Waals surface area contributed by atoms with Gasteiger partial charge >= 0.3 is 0 Å². The van der Waals surface area contributed by atoms with Crippen molar-refractivity contribution in [3.8, 4) is 5.75 Å².